The number of rotatable bonds is 2. The van der Waals surface area contributed by atoms with E-state index in [0.717, 1.165) is 10.6 Å². The smallest absolute Gasteiger partial charge is 0.417 e. The van der Waals surface area contributed by atoms with Crippen LogP contribution in [0.5, 0.6) is 0 Å². The molecule has 1 aromatic carbocycles. The zero-order chi connectivity index (χ0) is 16.6. The van der Waals surface area contributed by atoms with Crippen LogP contribution in [0.15, 0.2) is 42.6 Å². The number of halogens is 3. The van der Waals surface area contributed by atoms with E-state index < -0.39 is 17.8 Å². The summed E-state index contributed by atoms with van der Waals surface area (Å²) < 4.78 is 40.4. The number of benzene rings is 1. The summed E-state index contributed by atoms with van der Waals surface area (Å²) in [6.45, 7) is 0. The van der Waals surface area contributed by atoms with Crippen LogP contribution in [0, 0.1) is 0 Å². The third-order valence-corrected chi connectivity index (χ3v) is 3.11. The van der Waals surface area contributed by atoms with Gasteiger partial charge < -0.3 is 5.11 Å². The molecule has 6 nitrogen and oxygen atoms in total. The van der Waals surface area contributed by atoms with Crippen molar-refractivity contribution in [3.8, 4) is 11.3 Å². The molecule has 9 heteroatoms. The van der Waals surface area contributed by atoms with Gasteiger partial charge in [-0.05, 0) is 18.2 Å². The number of imidazole rings is 1. The fourth-order valence-electron chi connectivity index (χ4n) is 2.17. The van der Waals surface area contributed by atoms with Crippen molar-refractivity contribution < 1.29 is 23.1 Å². The van der Waals surface area contributed by atoms with Gasteiger partial charge in [0.1, 0.15) is 0 Å². The summed E-state index contributed by atoms with van der Waals surface area (Å²) in [4.78, 5) is 14.7. The van der Waals surface area contributed by atoms with E-state index in [1.54, 1.807) is 0 Å². The van der Waals surface area contributed by atoms with Crippen molar-refractivity contribution in [2.45, 2.75) is 6.18 Å². The number of anilines is 1. The topological polar surface area (TPSA) is 79.5 Å². The Balaban J connectivity index is 2.16. The molecule has 0 fully saturated rings. The third kappa shape index (κ3) is 2.80. The van der Waals surface area contributed by atoms with Gasteiger partial charge in [0, 0.05) is 5.56 Å². The van der Waals surface area contributed by atoms with Gasteiger partial charge in [-0.3, -0.25) is 5.32 Å². The molecule has 3 aromatic rings. The van der Waals surface area contributed by atoms with Crippen LogP contribution >= 0.6 is 0 Å². The van der Waals surface area contributed by atoms with Gasteiger partial charge in [0.25, 0.3) is 0 Å². The highest BCUT2D eigenvalue weighted by Crippen LogP contribution is 2.36. The van der Waals surface area contributed by atoms with Gasteiger partial charge in [-0.1, -0.05) is 18.2 Å². The lowest BCUT2D eigenvalue weighted by Gasteiger charge is -2.12. The number of nitrogens with zero attached hydrogens (tertiary/aromatic N) is 3. The van der Waals surface area contributed by atoms with Crippen molar-refractivity contribution >= 4 is 17.6 Å². The molecule has 0 saturated carbocycles. The summed E-state index contributed by atoms with van der Waals surface area (Å²) in [5, 5.41) is 14.9. The van der Waals surface area contributed by atoms with Crippen molar-refractivity contribution in [3.63, 3.8) is 0 Å². The van der Waals surface area contributed by atoms with Crippen LogP contribution in [0.25, 0.3) is 16.9 Å². The molecule has 0 spiro atoms. The molecule has 0 saturated heterocycles. The molecule has 0 bridgehead atoms. The monoisotopic (exact) mass is 322 g/mol. The Morgan fingerprint density at radius 3 is 2.61 bits per heavy atom. The average molecular weight is 322 g/mol. The largest absolute Gasteiger partial charge is 0.465 e. The Morgan fingerprint density at radius 1 is 1.17 bits per heavy atom. The molecule has 2 N–H and O–H groups in total. The molecule has 1 amide bonds. The molecular formula is C14H9F3N4O2. The summed E-state index contributed by atoms with van der Waals surface area (Å²) in [5.41, 5.74) is -0.560. The van der Waals surface area contributed by atoms with E-state index in [4.69, 9.17) is 5.11 Å². The first-order chi connectivity index (χ1) is 10.9. The predicted molar refractivity (Wildman–Crippen MR) is 75.1 cm³/mol. The van der Waals surface area contributed by atoms with Crippen molar-refractivity contribution in [1.29, 1.82) is 0 Å². The van der Waals surface area contributed by atoms with Gasteiger partial charge in [-0.15, -0.1) is 0 Å². The van der Waals surface area contributed by atoms with E-state index in [-0.39, 0.29) is 17.1 Å². The first-order valence-corrected chi connectivity index (χ1v) is 6.37. The second-order valence-corrected chi connectivity index (χ2v) is 4.61. The fourth-order valence-corrected chi connectivity index (χ4v) is 2.17. The minimum Gasteiger partial charge on any atom is -0.465 e. The van der Waals surface area contributed by atoms with E-state index in [9.17, 15) is 18.0 Å². The van der Waals surface area contributed by atoms with Crippen LogP contribution in [0.4, 0.5) is 23.8 Å². The Kier molecular flexibility index (Phi) is 3.40. The number of fused-ring (bicyclic) bond motifs is 1. The van der Waals surface area contributed by atoms with Gasteiger partial charge in [0.15, 0.2) is 11.5 Å². The molecule has 0 aliphatic carbocycles. The summed E-state index contributed by atoms with van der Waals surface area (Å²) in [7, 11) is 0. The van der Waals surface area contributed by atoms with E-state index in [0.29, 0.717) is 5.65 Å². The maximum absolute atomic E-state index is 13.1. The highest BCUT2D eigenvalue weighted by molar-refractivity contribution is 5.82. The van der Waals surface area contributed by atoms with E-state index >= 15 is 0 Å². The number of carboxylic acid groups (broad SMARTS) is 1. The molecule has 0 atom stereocenters. The zero-order valence-electron chi connectivity index (χ0n) is 11.4. The number of nitrogens with one attached hydrogen (secondary N) is 1. The molecule has 23 heavy (non-hydrogen) atoms. The number of amides is 1. The van der Waals surface area contributed by atoms with Crippen LogP contribution in [0.2, 0.25) is 0 Å². The second kappa shape index (κ2) is 5.27. The number of hydrogen-bond donors (Lipinski definition) is 2. The molecule has 0 aliphatic rings. The van der Waals surface area contributed by atoms with Crippen LogP contribution in [-0.4, -0.2) is 25.8 Å². The maximum atomic E-state index is 13.1. The predicted octanol–water partition coefficient (Wildman–Crippen LogP) is 3.51. The number of carbonyl (C=O) groups is 1. The summed E-state index contributed by atoms with van der Waals surface area (Å²) in [6.07, 6.45) is -4.62. The molecule has 2 heterocycles. The lowest BCUT2D eigenvalue weighted by molar-refractivity contribution is -0.137. The highest BCUT2D eigenvalue weighted by atomic mass is 19.4. The number of alkyl halides is 3. The van der Waals surface area contributed by atoms with E-state index in [1.807, 2.05) is 0 Å². The summed E-state index contributed by atoms with van der Waals surface area (Å²) >= 11 is 0. The SMILES string of the molecule is O=C(O)Nc1cnc2ccc(-c3ccccc3C(F)(F)F)nn12. The minimum atomic E-state index is -4.52. The van der Waals surface area contributed by atoms with Crippen LogP contribution < -0.4 is 5.32 Å². The number of aromatic nitrogens is 3. The van der Waals surface area contributed by atoms with Crippen molar-refractivity contribution in [2.75, 3.05) is 5.32 Å². The molecule has 0 unspecified atom stereocenters. The molecule has 2 aromatic heterocycles. The summed E-state index contributed by atoms with van der Waals surface area (Å²) in [5.74, 6) is 0.0406. The average Bonchev–Trinajstić information content (AvgIpc) is 2.88. The zero-order valence-corrected chi connectivity index (χ0v) is 11.4. The van der Waals surface area contributed by atoms with Crippen molar-refractivity contribution in [2.24, 2.45) is 0 Å². The Morgan fingerprint density at radius 2 is 1.91 bits per heavy atom. The normalized spacial score (nSPS) is 11.6. The van der Waals surface area contributed by atoms with E-state index in [2.05, 4.69) is 15.4 Å². The second-order valence-electron chi connectivity index (χ2n) is 4.61. The van der Waals surface area contributed by atoms with Crippen LogP contribution in [0.1, 0.15) is 5.56 Å². The Bertz CT molecular complexity index is 889. The first kappa shape index (κ1) is 14.8. The van der Waals surface area contributed by atoms with Gasteiger partial charge in [0.05, 0.1) is 17.5 Å². The van der Waals surface area contributed by atoms with Crippen LogP contribution in [-0.2, 0) is 6.18 Å². The standard InChI is InChI=1S/C14H9F3N4O2/c15-14(16,17)9-4-2-1-3-8(9)10-5-6-11-18-7-12(19-13(22)23)21(11)20-10/h1-7,19H,(H,22,23). The van der Waals surface area contributed by atoms with Crippen LogP contribution in [0.3, 0.4) is 0 Å². The lowest BCUT2D eigenvalue weighted by atomic mass is 10.0. The van der Waals surface area contributed by atoms with E-state index in [1.165, 1.54) is 36.5 Å². The number of hydrogen-bond acceptors (Lipinski definition) is 3. The van der Waals surface area contributed by atoms with Crippen molar-refractivity contribution in [1.82, 2.24) is 14.6 Å². The molecule has 0 aliphatic heterocycles. The highest BCUT2D eigenvalue weighted by Gasteiger charge is 2.33. The fraction of sp³-hybridized carbons (Fsp3) is 0.0714. The Hall–Kier alpha value is -3.10. The molecule has 3 rings (SSSR count). The van der Waals surface area contributed by atoms with Crippen molar-refractivity contribution in [3.05, 3.63) is 48.2 Å². The quantitative estimate of drug-likeness (QED) is 0.757. The lowest BCUT2D eigenvalue weighted by Crippen LogP contribution is -2.11. The molecular weight excluding hydrogens is 313 g/mol. The van der Waals surface area contributed by atoms with Gasteiger partial charge >= 0.3 is 12.3 Å². The molecule has 118 valence electrons. The van der Waals surface area contributed by atoms with Gasteiger partial charge in [-0.25, -0.2) is 9.78 Å². The third-order valence-electron chi connectivity index (χ3n) is 3.11. The maximum Gasteiger partial charge on any atom is 0.417 e. The minimum absolute atomic E-state index is 0.0406. The Labute approximate surface area is 127 Å². The van der Waals surface area contributed by atoms with Gasteiger partial charge in [-0.2, -0.15) is 22.8 Å². The first-order valence-electron chi connectivity index (χ1n) is 6.37. The van der Waals surface area contributed by atoms with Gasteiger partial charge in [0.2, 0.25) is 0 Å². The molecule has 0 radical (unpaired) electrons. The summed E-state index contributed by atoms with van der Waals surface area (Å²) in [6, 6.07) is 7.89.